The summed E-state index contributed by atoms with van der Waals surface area (Å²) in [6.45, 7) is 2.24. The van der Waals surface area contributed by atoms with Crippen LogP contribution >= 0.6 is 8.38 Å². The average molecular weight is 429 g/mol. The van der Waals surface area contributed by atoms with E-state index in [9.17, 15) is 5.11 Å². The highest BCUT2D eigenvalue weighted by atomic mass is 31.2. The summed E-state index contributed by atoms with van der Waals surface area (Å²) in [5.74, 6) is 0.261. The fourth-order valence-electron chi connectivity index (χ4n) is 3.83. The van der Waals surface area contributed by atoms with Crippen molar-refractivity contribution >= 4 is 20.1 Å². The molecule has 7 heteroatoms. The fraction of sp³-hybridized carbons (Fsp3) is 0.304. The smallest absolute Gasteiger partial charge is 0.245 e. The lowest BCUT2D eigenvalue weighted by atomic mass is 9.79. The van der Waals surface area contributed by atoms with Gasteiger partial charge in [-0.15, -0.1) is 0 Å². The minimum Gasteiger partial charge on any atom is -0.508 e. The Hall–Kier alpha value is -2.21. The number of para-hydroxylation sites is 1. The Morgan fingerprint density at radius 3 is 2.37 bits per heavy atom. The van der Waals surface area contributed by atoms with Crippen molar-refractivity contribution in [1.82, 2.24) is 0 Å². The Morgan fingerprint density at radius 2 is 1.70 bits per heavy atom. The Kier molecular flexibility index (Phi) is 7.64. The van der Waals surface area contributed by atoms with E-state index < -0.39 is 8.38 Å². The number of phenols is 1. The lowest BCUT2D eigenvalue weighted by Gasteiger charge is -2.29. The first-order chi connectivity index (χ1) is 14.5. The SMILES string of the molecule is COOP(CCC1(C)/C(=C/C=C/c2ccc(O)cc2)N(C)c2ccccc21)OOC. The number of rotatable bonds is 9. The van der Waals surface area contributed by atoms with Gasteiger partial charge in [0.2, 0.25) is 8.38 Å². The van der Waals surface area contributed by atoms with E-state index in [-0.39, 0.29) is 11.2 Å². The number of benzene rings is 2. The van der Waals surface area contributed by atoms with Gasteiger partial charge in [-0.25, -0.2) is 9.78 Å². The van der Waals surface area contributed by atoms with Crippen LogP contribution in [-0.4, -0.2) is 32.5 Å². The number of hydrogen-bond acceptors (Lipinski definition) is 6. The van der Waals surface area contributed by atoms with Gasteiger partial charge in [0.25, 0.3) is 0 Å². The van der Waals surface area contributed by atoms with Gasteiger partial charge in [-0.3, -0.25) is 0 Å². The van der Waals surface area contributed by atoms with E-state index in [4.69, 9.17) is 19.1 Å². The second-order valence-corrected chi connectivity index (χ2v) is 8.61. The summed E-state index contributed by atoms with van der Waals surface area (Å²) >= 11 is 0. The topological polar surface area (TPSA) is 60.4 Å². The van der Waals surface area contributed by atoms with Crippen molar-refractivity contribution in [2.75, 3.05) is 32.3 Å². The normalized spacial score (nSPS) is 19.9. The highest BCUT2D eigenvalue weighted by Crippen LogP contribution is 2.52. The predicted octanol–water partition coefficient (Wildman–Crippen LogP) is 5.56. The van der Waals surface area contributed by atoms with Crippen molar-refractivity contribution in [2.24, 2.45) is 0 Å². The van der Waals surface area contributed by atoms with Gasteiger partial charge in [0.05, 0.1) is 14.2 Å². The molecule has 1 aliphatic rings. The number of fused-ring (bicyclic) bond motifs is 1. The molecule has 0 radical (unpaired) electrons. The maximum absolute atomic E-state index is 9.46. The summed E-state index contributed by atoms with van der Waals surface area (Å²) in [7, 11) is 3.71. The highest BCUT2D eigenvalue weighted by Gasteiger charge is 2.42. The second kappa shape index (κ2) is 10.2. The van der Waals surface area contributed by atoms with Crippen LogP contribution in [0, 0.1) is 0 Å². The molecular weight excluding hydrogens is 401 g/mol. The van der Waals surface area contributed by atoms with Crippen LogP contribution in [0.1, 0.15) is 24.5 Å². The van der Waals surface area contributed by atoms with Crippen molar-refractivity contribution in [3.63, 3.8) is 0 Å². The molecule has 30 heavy (non-hydrogen) atoms. The monoisotopic (exact) mass is 429 g/mol. The first-order valence-corrected chi connectivity index (χ1v) is 11.1. The third-order valence-electron chi connectivity index (χ3n) is 5.33. The molecule has 3 rings (SSSR count). The third kappa shape index (κ3) is 4.91. The molecule has 0 saturated carbocycles. The summed E-state index contributed by atoms with van der Waals surface area (Å²) in [4.78, 5) is 11.9. The van der Waals surface area contributed by atoms with E-state index >= 15 is 0 Å². The van der Waals surface area contributed by atoms with Crippen LogP contribution in [-0.2, 0) is 24.5 Å². The van der Waals surface area contributed by atoms with Gasteiger partial charge in [0.15, 0.2) is 0 Å². The maximum atomic E-state index is 9.46. The van der Waals surface area contributed by atoms with E-state index in [2.05, 4.69) is 49.2 Å². The molecule has 0 saturated heterocycles. The molecule has 0 spiro atoms. The molecular formula is C23H28NO5P. The van der Waals surface area contributed by atoms with E-state index in [1.807, 2.05) is 24.3 Å². The fourth-order valence-corrected chi connectivity index (χ4v) is 4.97. The first-order valence-electron chi connectivity index (χ1n) is 9.70. The number of allylic oxidation sites excluding steroid dienone is 3. The van der Waals surface area contributed by atoms with Crippen LogP contribution in [0.5, 0.6) is 5.75 Å². The van der Waals surface area contributed by atoms with Gasteiger partial charge in [0, 0.05) is 30.0 Å². The first kappa shape index (κ1) is 22.5. The molecule has 0 aromatic heterocycles. The van der Waals surface area contributed by atoms with Crippen molar-refractivity contribution in [3.05, 3.63) is 77.5 Å². The molecule has 160 valence electrons. The summed E-state index contributed by atoms with van der Waals surface area (Å²) < 4.78 is 10.5. The molecule has 0 bridgehead atoms. The van der Waals surface area contributed by atoms with Gasteiger partial charge < -0.3 is 10.0 Å². The number of aromatic hydroxyl groups is 1. The quantitative estimate of drug-likeness (QED) is 0.320. The Balaban J connectivity index is 1.88. The van der Waals surface area contributed by atoms with Crippen LogP contribution in [0.15, 0.2) is 66.4 Å². The predicted molar refractivity (Wildman–Crippen MR) is 120 cm³/mol. The maximum Gasteiger partial charge on any atom is 0.245 e. The van der Waals surface area contributed by atoms with Gasteiger partial charge in [-0.05, 0) is 48.7 Å². The standard InChI is InChI=1S/C23H28NO5P/c1-23(16-17-30(28-26-3)29-27-4)20-9-5-6-10-21(20)24(2)22(23)11-7-8-18-12-14-19(25)15-13-18/h5-15,25H,16-17H2,1-4H3/b8-7+,22-11-. The molecule has 1 aliphatic heterocycles. The zero-order valence-corrected chi connectivity index (χ0v) is 18.6. The van der Waals surface area contributed by atoms with Crippen LogP contribution in [0.2, 0.25) is 0 Å². The van der Waals surface area contributed by atoms with E-state index in [1.54, 1.807) is 12.1 Å². The van der Waals surface area contributed by atoms with Crippen molar-refractivity contribution in [3.8, 4) is 5.75 Å². The van der Waals surface area contributed by atoms with Gasteiger partial charge in [-0.1, -0.05) is 42.5 Å². The molecule has 0 aliphatic carbocycles. The lowest BCUT2D eigenvalue weighted by Crippen LogP contribution is -2.27. The second-order valence-electron chi connectivity index (χ2n) is 7.20. The summed E-state index contributed by atoms with van der Waals surface area (Å²) in [5.41, 5.74) is 4.44. The minimum absolute atomic E-state index is 0.223. The van der Waals surface area contributed by atoms with Crippen molar-refractivity contribution in [2.45, 2.75) is 18.8 Å². The molecule has 1 atom stereocenters. The van der Waals surface area contributed by atoms with Gasteiger partial charge in [0.1, 0.15) is 5.75 Å². The molecule has 2 aromatic carbocycles. The van der Waals surface area contributed by atoms with Crippen LogP contribution in [0.4, 0.5) is 5.69 Å². The summed E-state index contributed by atoms with van der Waals surface area (Å²) in [6, 6.07) is 15.6. The van der Waals surface area contributed by atoms with E-state index in [0.717, 1.165) is 12.0 Å². The zero-order valence-electron chi connectivity index (χ0n) is 17.7. The van der Waals surface area contributed by atoms with E-state index in [1.165, 1.54) is 31.2 Å². The van der Waals surface area contributed by atoms with Crippen molar-refractivity contribution < 1.29 is 24.2 Å². The molecule has 1 unspecified atom stereocenters. The highest BCUT2D eigenvalue weighted by molar-refractivity contribution is 7.46. The molecule has 2 aromatic rings. The average Bonchev–Trinajstić information content (AvgIpc) is 2.96. The summed E-state index contributed by atoms with van der Waals surface area (Å²) in [5, 5.41) is 9.46. The molecule has 0 fully saturated rings. The Bertz CT molecular complexity index is 893. The number of likely N-dealkylation sites (N-methyl/N-ethyl adjacent to an activating group) is 1. The largest absolute Gasteiger partial charge is 0.508 e. The molecule has 0 amide bonds. The lowest BCUT2D eigenvalue weighted by molar-refractivity contribution is -0.230. The Labute approximate surface area is 179 Å². The summed E-state index contributed by atoms with van der Waals surface area (Å²) in [6.07, 6.45) is 7.66. The van der Waals surface area contributed by atoms with Crippen molar-refractivity contribution in [1.29, 1.82) is 0 Å². The van der Waals surface area contributed by atoms with E-state index in [0.29, 0.717) is 6.16 Å². The number of hydrogen-bond donors (Lipinski definition) is 1. The van der Waals surface area contributed by atoms with Gasteiger partial charge in [-0.2, -0.15) is 9.35 Å². The van der Waals surface area contributed by atoms with Crippen LogP contribution in [0.3, 0.4) is 0 Å². The number of nitrogens with zero attached hydrogens (tertiary/aromatic N) is 1. The van der Waals surface area contributed by atoms with Gasteiger partial charge >= 0.3 is 0 Å². The van der Waals surface area contributed by atoms with Crippen LogP contribution < -0.4 is 4.90 Å². The Morgan fingerprint density at radius 1 is 1.03 bits per heavy atom. The molecule has 6 nitrogen and oxygen atoms in total. The molecule has 1 heterocycles. The minimum atomic E-state index is -1.32. The number of anilines is 1. The molecule has 1 N–H and O–H groups in total. The van der Waals surface area contributed by atoms with Crippen LogP contribution in [0.25, 0.3) is 6.08 Å². The zero-order chi connectivity index (χ0) is 21.6. The third-order valence-corrected chi connectivity index (χ3v) is 6.55. The number of phenolic OH excluding ortho intramolecular Hbond substituents is 1.